The summed E-state index contributed by atoms with van der Waals surface area (Å²) >= 11 is 7.13. The van der Waals surface area contributed by atoms with Gasteiger partial charge in [0, 0.05) is 50.7 Å². The van der Waals surface area contributed by atoms with E-state index in [-0.39, 0.29) is 22.9 Å². The van der Waals surface area contributed by atoms with Gasteiger partial charge in [-0.1, -0.05) is 11.6 Å². The fourth-order valence-electron chi connectivity index (χ4n) is 3.24. The highest BCUT2D eigenvalue weighted by molar-refractivity contribution is 7.13. The van der Waals surface area contributed by atoms with Gasteiger partial charge in [0.15, 0.2) is 5.01 Å². The van der Waals surface area contributed by atoms with Gasteiger partial charge in [-0.25, -0.2) is 4.98 Å². The molecule has 0 fully saturated rings. The molecule has 13 heteroatoms. The Hall–Kier alpha value is -3.22. The summed E-state index contributed by atoms with van der Waals surface area (Å²) in [5.41, 5.74) is 7.11. The first-order valence-corrected chi connectivity index (χ1v) is 11.6. The molecule has 34 heavy (non-hydrogen) atoms. The van der Waals surface area contributed by atoms with Crippen LogP contribution in [0.15, 0.2) is 18.2 Å². The summed E-state index contributed by atoms with van der Waals surface area (Å²) in [6, 6.07) is 3.31. The summed E-state index contributed by atoms with van der Waals surface area (Å²) in [6.07, 6.45) is 0.750. The van der Waals surface area contributed by atoms with E-state index in [0.717, 1.165) is 23.5 Å². The highest BCUT2D eigenvalue weighted by Crippen LogP contribution is 2.24. The minimum absolute atomic E-state index is 0.245. The normalized spacial score (nSPS) is 14.0. The summed E-state index contributed by atoms with van der Waals surface area (Å²) in [4.78, 5) is 58.7. The number of anilines is 2. The molecule has 1 aromatic heterocycles. The van der Waals surface area contributed by atoms with Gasteiger partial charge in [0.1, 0.15) is 6.04 Å². The first kappa shape index (κ1) is 25.4. The Labute approximate surface area is 205 Å². The minimum Gasteiger partial charge on any atom is -0.397 e. The molecule has 1 atom stereocenters. The number of nitrogens with zero attached hydrogens (tertiary/aromatic N) is 3. The molecular weight excluding hydrogens is 482 g/mol. The van der Waals surface area contributed by atoms with Gasteiger partial charge >= 0.3 is 11.8 Å². The summed E-state index contributed by atoms with van der Waals surface area (Å²) in [7, 11) is 5.05. The molecule has 182 valence electrons. The Balaban J connectivity index is 1.62. The predicted octanol–water partition coefficient (Wildman–Crippen LogP) is 0.308. The number of benzene rings is 1. The van der Waals surface area contributed by atoms with Crippen molar-refractivity contribution < 1.29 is 19.2 Å². The zero-order chi connectivity index (χ0) is 25.0. The number of nitrogen functional groups attached to an aromatic ring is 1. The van der Waals surface area contributed by atoms with Gasteiger partial charge in [-0.05, 0) is 25.2 Å². The van der Waals surface area contributed by atoms with Gasteiger partial charge in [-0.15, -0.1) is 11.3 Å². The quantitative estimate of drug-likeness (QED) is 0.324. The van der Waals surface area contributed by atoms with Crippen LogP contribution in [-0.4, -0.2) is 78.7 Å². The molecule has 0 bridgehead atoms. The third-order valence-electron chi connectivity index (χ3n) is 5.09. The second-order valence-electron chi connectivity index (χ2n) is 8.04. The maximum atomic E-state index is 12.8. The van der Waals surface area contributed by atoms with Crippen molar-refractivity contribution in [1.82, 2.24) is 25.4 Å². The number of carbonyl (C=O) groups excluding carboxylic acids is 4. The van der Waals surface area contributed by atoms with Crippen molar-refractivity contribution in [3.8, 4) is 0 Å². The van der Waals surface area contributed by atoms with Gasteiger partial charge in [0.05, 0.1) is 16.4 Å². The number of fused-ring (bicyclic) bond motifs is 1. The predicted molar refractivity (Wildman–Crippen MR) is 130 cm³/mol. The molecule has 0 radical (unpaired) electrons. The van der Waals surface area contributed by atoms with Crippen LogP contribution in [0.4, 0.5) is 11.4 Å². The van der Waals surface area contributed by atoms with Gasteiger partial charge in [0.25, 0.3) is 5.91 Å². The smallest absolute Gasteiger partial charge is 0.313 e. The van der Waals surface area contributed by atoms with Crippen LogP contribution in [0.3, 0.4) is 0 Å². The molecule has 0 spiro atoms. The lowest BCUT2D eigenvalue weighted by atomic mass is 10.2. The van der Waals surface area contributed by atoms with E-state index in [0.29, 0.717) is 11.6 Å². The first-order chi connectivity index (χ1) is 16.0. The Morgan fingerprint density at radius 3 is 2.68 bits per heavy atom. The molecule has 0 saturated carbocycles. The number of nitrogens with two attached hydrogens (primary N) is 1. The molecule has 1 aliphatic rings. The number of carbonyl (C=O) groups is 4. The zero-order valence-electron chi connectivity index (χ0n) is 19.0. The van der Waals surface area contributed by atoms with Crippen LogP contribution < -0.4 is 21.7 Å². The fraction of sp³-hybridized carbons (Fsp3) is 0.381. The number of hydrogen-bond acceptors (Lipinski definition) is 8. The van der Waals surface area contributed by atoms with E-state index in [1.165, 1.54) is 48.5 Å². The van der Waals surface area contributed by atoms with Crippen LogP contribution in [0.1, 0.15) is 20.4 Å². The molecule has 5 N–H and O–H groups in total. The maximum absolute atomic E-state index is 12.8. The highest BCUT2D eigenvalue weighted by atomic mass is 35.5. The first-order valence-electron chi connectivity index (χ1n) is 10.4. The van der Waals surface area contributed by atoms with E-state index < -0.39 is 29.7 Å². The van der Waals surface area contributed by atoms with E-state index in [9.17, 15) is 19.2 Å². The van der Waals surface area contributed by atoms with E-state index in [1.54, 1.807) is 0 Å². The molecular formula is C21H26ClN7O4S. The molecule has 0 aliphatic carbocycles. The van der Waals surface area contributed by atoms with Gasteiger partial charge in [-0.2, -0.15) is 0 Å². The van der Waals surface area contributed by atoms with Crippen LogP contribution in [0.2, 0.25) is 5.02 Å². The van der Waals surface area contributed by atoms with Crippen LogP contribution >= 0.6 is 22.9 Å². The largest absolute Gasteiger partial charge is 0.397 e. The second kappa shape index (κ2) is 10.8. The van der Waals surface area contributed by atoms with Crippen molar-refractivity contribution in [3.63, 3.8) is 0 Å². The van der Waals surface area contributed by atoms with Crippen LogP contribution in [-0.2, 0) is 27.3 Å². The molecule has 2 heterocycles. The lowest BCUT2D eigenvalue weighted by Crippen LogP contribution is -2.53. The number of nitrogens with one attached hydrogen (secondary N) is 3. The van der Waals surface area contributed by atoms with E-state index >= 15 is 0 Å². The third-order valence-corrected chi connectivity index (χ3v) is 6.51. The SMILES string of the molecule is CN1CCc2nc(C(=O)NC(CNC(=O)C(=O)Nc3ccc(Cl)c(N)c3)C(=O)N(C)C)sc2C1. The third kappa shape index (κ3) is 6.22. The van der Waals surface area contributed by atoms with Crippen LogP contribution in [0, 0.1) is 0 Å². The number of thiazole rings is 1. The Kier molecular flexibility index (Phi) is 8.07. The number of likely N-dealkylation sites (N-methyl/N-ethyl adjacent to an activating group) is 2. The standard InChI is InChI=1S/C21H26ClN7O4S/c1-28(2)21(33)15(26-19(32)20-27-14-6-7-29(3)10-16(14)34-20)9-24-17(30)18(31)25-11-4-5-12(22)13(23)8-11/h4-5,8,15H,6-7,9-10,23H2,1-3H3,(H,24,30)(H,25,31)(H,26,32). The number of aromatic nitrogens is 1. The van der Waals surface area contributed by atoms with E-state index in [4.69, 9.17) is 17.3 Å². The summed E-state index contributed by atoms with van der Waals surface area (Å²) in [5, 5.41) is 7.97. The van der Waals surface area contributed by atoms with E-state index in [1.807, 2.05) is 7.05 Å². The number of hydrogen-bond donors (Lipinski definition) is 4. The maximum Gasteiger partial charge on any atom is 0.313 e. The summed E-state index contributed by atoms with van der Waals surface area (Å²) < 4.78 is 0. The Morgan fingerprint density at radius 2 is 2.00 bits per heavy atom. The monoisotopic (exact) mass is 507 g/mol. The van der Waals surface area contributed by atoms with Crippen molar-refractivity contribution >= 4 is 57.9 Å². The molecule has 1 aromatic carbocycles. The molecule has 4 amide bonds. The summed E-state index contributed by atoms with van der Waals surface area (Å²) in [6.45, 7) is 1.28. The molecule has 0 saturated heterocycles. The molecule has 1 aliphatic heterocycles. The Bertz CT molecular complexity index is 1120. The lowest BCUT2D eigenvalue weighted by molar-refractivity contribution is -0.136. The van der Waals surface area contributed by atoms with Crippen molar-refractivity contribution in [3.05, 3.63) is 38.8 Å². The average Bonchev–Trinajstić information content (AvgIpc) is 3.21. The van der Waals surface area contributed by atoms with Crippen molar-refractivity contribution in [1.29, 1.82) is 0 Å². The van der Waals surface area contributed by atoms with Crippen molar-refractivity contribution in [2.24, 2.45) is 0 Å². The fourth-order valence-corrected chi connectivity index (χ4v) is 4.45. The lowest BCUT2D eigenvalue weighted by Gasteiger charge is -2.21. The van der Waals surface area contributed by atoms with Crippen molar-refractivity contribution in [2.75, 3.05) is 45.3 Å². The second-order valence-corrected chi connectivity index (χ2v) is 9.53. The molecule has 11 nitrogen and oxygen atoms in total. The van der Waals surface area contributed by atoms with Gasteiger partial charge in [-0.3, -0.25) is 19.2 Å². The average molecular weight is 508 g/mol. The Morgan fingerprint density at radius 1 is 1.26 bits per heavy atom. The van der Waals surface area contributed by atoms with Crippen LogP contribution in [0.25, 0.3) is 0 Å². The minimum atomic E-state index is -1.09. The highest BCUT2D eigenvalue weighted by Gasteiger charge is 2.28. The number of amides is 4. The van der Waals surface area contributed by atoms with Crippen LogP contribution in [0.5, 0.6) is 0 Å². The molecule has 1 unspecified atom stereocenters. The molecule has 2 aromatic rings. The van der Waals surface area contributed by atoms with Gasteiger partial charge in [0.2, 0.25) is 5.91 Å². The summed E-state index contributed by atoms with van der Waals surface area (Å²) in [5.74, 6) is -2.90. The van der Waals surface area contributed by atoms with E-state index in [2.05, 4.69) is 25.8 Å². The topological polar surface area (TPSA) is 150 Å². The molecule has 3 rings (SSSR count). The van der Waals surface area contributed by atoms with Crippen molar-refractivity contribution in [2.45, 2.75) is 19.0 Å². The number of rotatable bonds is 6. The number of halogens is 1. The van der Waals surface area contributed by atoms with Gasteiger partial charge < -0.3 is 31.5 Å². The zero-order valence-corrected chi connectivity index (χ0v) is 20.5.